The molecule has 0 radical (unpaired) electrons. The van der Waals surface area contributed by atoms with E-state index in [1.807, 2.05) is 32.9 Å². The Morgan fingerprint density at radius 3 is 2.20 bits per heavy atom. The van der Waals surface area contributed by atoms with E-state index < -0.39 is 46.2 Å². The average molecular weight is 590 g/mol. The molecule has 7 nitrogen and oxygen atoms in total. The van der Waals surface area contributed by atoms with Gasteiger partial charge in [0.25, 0.3) is 10.0 Å². The van der Waals surface area contributed by atoms with Crippen LogP contribution >= 0.6 is 0 Å². The maximum Gasteiger partial charge on any atom is 0.416 e. The van der Waals surface area contributed by atoms with Crippen LogP contribution in [0, 0.1) is 6.92 Å². The number of hydrogen-bond donors (Lipinski definition) is 1. The van der Waals surface area contributed by atoms with Gasteiger partial charge in [-0.05, 0) is 63.1 Å². The molecule has 1 N–H and O–H groups in total. The molecular weight excluding hydrogens is 555 g/mol. The number of hydrogen-bond acceptors (Lipinski definition) is 4. The van der Waals surface area contributed by atoms with Crippen molar-refractivity contribution in [3.05, 3.63) is 95.6 Å². The van der Waals surface area contributed by atoms with Crippen molar-refractivity contribution in [1.82, 2.24) is 10.2 Å². The van der Waals surface area contributed by atoms with Crippen LogP contribution in [0.1, 0.15) is 43.9 Å². The number of rotatable bonds is 11. The van der Waals surface area contributed by atoms with Crippen LogP contribution in [0.5, 0.6) is 0 Å². The lowest BCUT2D eigenvalue weighted by Gasteiger charge is -2.32. The summed E-state index contributed by atoms with van der Waals surface area (Å²) in [5, 5.41) is 2.84. The first kappa shape index (κ1) is 31.7. The van der Waals surface area contributed by atoms with Gasteiger partial charge < -0.3 is 10.2 Å². The first-order valence-corrected chi connectivity index (χ1v) is 14.6. The zero-order chi connectivity index (χ0) is 30.4. The summed E-state index contributed by atoms with van der Waals surface area (Å²) in [5.41, 5.74) is 0.236. The van der Waals surface area contributed by atoms with Gasteiger partial charge >= 0.3 is 6.18 Å². The molecule has 0 aliphatic rings. The summed E-state index contributed by atoms with van der Waals surface area (Å²) in [6.45, 7) is 6.27. The Hall–Kier alpha value is -3.86. The minimum absolute atomic E-state index is 0.0164. The molecule has 0 aliphatic carbocycles. The number of nitrogens with zero attached hydrogens (tertiary/aromatic N) is 2. The Balaban J connectivity index is 2.08. The molecule has 0 saturated carbocycles. The second kappa shape index (κ2) is 13.2. The topological polar surface area (TPSA) is 86.8 Å². The third-order valence-electron chi connectivity index (χ3n) is 6.68. The van der Waals surface area contributed by atoms with E-state index in [9.17, 15) is 31.2 Å². The van der Waals surface area contributed by atoms with Gasteiger partial charge in [0.1, 0.15) is 12.6 Å². The number of carbonyl (C=O) groups is 2. The molecule has 0 aliphatic heterocycles. The van der Waals surface area contributed by atoms with Gasteiger partial charge in [-0.2, -0.15) is 13.2 Å². The van der Waals surface area contributed by atoms with Gasteiger partial charge in [0.2, 0.25) is 11.8 Å². The molecule has 220 valence electrons. The first-order chi connectivity index (χ1) is 19.2. The summed E-state index contributed by atoms with van der Waals surface area (Å²) in [6.07, 6.45) is -4.08. The van der Waals surface area contributed by atoms with Crippen LogP contribution in [0.3, 0.4) is 0 Å². The molecule has 0 bridgehead atoms. The number of nitrogens with one attached hydrogen (secondary N) is 1. The lowest BCUT2D eigenvalue weighted by Crippen LogP contribution is -2.52. The van der Waals surface area contributed by atoms with Crippen LogP contribution in [0.25, 0.3) is 0 Å². The standard InChI is InChI=1S/C30H34F3N3O4S/c1-5-22(3)34-29(38)23(4)35(19-24-12-9-11-21(2)17-24)28(37)20-36(41(39,40)27-15-7-6-8-16-27)26-14-10-13-25(18-26)30(31,32)33/h6-18,22-23H,5,19-20H2,1-4H3,(H,34,38)/t22-,23+/m1/s1. The van der Waals surface area contributed by atoms with Crippen molar-refractivity contribution in [3.8, 4) is 0 Å². The molecule has 0 fully saturated rings. The van der Waals surface area contributed by atoms with Crippen molar-refractivity contribution >= 4 is 27.5 Å². The van der Waals surface area contributed by atoms with Crippen LogP contribution in [0.2, 0.25) is 0 Å². The van der Waals surface area contributed by atoms with Crippen molar-refractivity contribution in [1.29, 1.82) is 0 Å². The highest BCUT2D eigenvalue weighted by molar-refractivity contribution is 7.92. The predicted molar refractivity (Wildman–Crippen MR) is 152 cm³/mol. The summed E-state index contributed by atoms with van der Waals surface area (Å²) < 4.78 is 68.8. The molecule has 3 aromatic carbocycles. The van der Waals surface area contributed by atoms with Crippen LogP contribution in [0.15, 0.2) is 83.8 Å². The fraction of sp³-hybridized carbons (Fsp3) is 0.333. The number of anilines is 1. The molecule has 3 aromatic rings. The highest BCUT2D eigenvalue weighted by Crippen LogP contribution is 2.33. The smallest absolute Gasteiger partial charge is 0.352 e. The van der Waals surface area contributed by atoms with E-state index >= 15 is 0 Å². The predicted octanol–water partition coefficient (Wildman–Crippen LogP) is 5.54. The summed E-state index contributed by atoms with van der Waals surface area (Å²) in [6, 6.07) is 17.1. The van der Waals surface area contributed by atoms with Gasteiger partial charge in [0.05, 0.1) is 16.1 Å². The Labute approximate surface area is 239 Å². The van der Waals surface area contributed by atoms with Crippen molar-refractivity contribution in [3.63, 3.8) is 0 Å². The van der Waals surface area contributed by atoms with E-state index in [4.69, 9.17) is 0 Å². The van der Waals surface area contributed by atoms with E-state index in [-0.39, 0.29) is 23.2 Å². The average Bonchev–Trinajstić information content (AvgIpc) is 2.94. The Morgan fingerprint density at radius 2 is 1.59 bits per heavy atom. The van der Waals surface area contributed by atoms with Gasteiger partial charge in [0.15, 0.2) is 0 Å². The van der Waals surface area contributed by atoms with Crippen molar-refractivity contribution < 1.29 is 31.2 Å². The highest BCUT2D eigenvalue weighted by Gasteiger charge is 2.35. The van der Waals surface area contributed by atoms with Gasteiger partial charge in [-0.1, -0.05) is 61.0 Å². The molecule has 2 amide bonds. The van der Waals surface area contributed by atoms with E-state index in [2.05, 4.69) is 5.32 Å². The van der Waals surface area contributed by atoms with Gasteiger partial charge in [-0.3, -0.25) is 13.9 Å². The van der Waals surface area contributed by atoms with E-state index in [1.54, 1.807) is 18.2 Å². The molecule has 2 atom stereocenters. The molecule has 11 heteroatoms. The maximum absolute atomic E-state index is 13.9. The number of halogens is 3. The minimum atomic E-state index is -4.73. The molecule has 3 rings (SSSR count). The lowest BCUT2D eigenvalue weighted by atomic mass is 10.1. The quantitative estimate of drug-likeness (QED) is 0.318. The summed E-state index contributed by atoms with van der Waals surface area (Å²) in [4.78, 5) is 28.0. The molecule has 0 saturated heterocycles. The van der Waals surface area contributed by atoms with Crippen molar-refractivity contribution in [2.24, 2.45) is 0 Å². The highest BCUT2D eigenvalue weighted by atomic mass is 32.2. The fourth-order valence-corrected chi connectivity index (χ4v) is 5.57. The Bertz CT molecular complexity index is 1460. The molecular formula is C30H34F3N3O4S. The van der Waals surface area contributed by atoms with Crippen LogP contribution < -0.4 is 9.62 Å². The van der Waals surface area contributed by atoms with E-state index in [0.717, 1.165) is 17.7 Å². The molecule has 0 spiro atoms. The van der Waals surface area contributed by atoms with Crippen LogP contribution in [-0.4, -0.2) is 43.8 Å². The Morgan fingerprint density at radius 1 is 0.927 bits per heavy atom. The molecule has 0 unspecified atom stereocenters. The van der Waals surface area contributed by atoms with Gasteiger partial charge in [0, 0.05) is 12.6 Å². The fourth-order valence-electron chi connectivity index (χ4n) is 4.14. The van der Waals surface area contributed by atoms with Gasteiger partial charge in [-0.15, -0.1) is 0 Å². The zero-order valence-electron chi connectivity index (χ0n) is 23.4. The minimum Gasteiger partial charge on any atom is -0.352 e. The van der Waals surface area contributed by atoms with Gasteiger partial charge in [-0.25, -0.2) is 8.42 Å². The first-order valence-electron chi connectivity index (χ1n) is 13.1. The van der Waals surface area contributed by atoms with Crippen LogP contribution in [-0.2, 0) is 32.3 Å². The largest absolute Gasteiger partial charge is 0.416 e. The molecule has 0 heterocycles. The zero-order valence-corrected chi connectivity index (χ0v) is 24.2. The molecule has 41 heavy (non-hydrogen) atoms. The number of aryl methyl sites for hydroxylation is 1. The number of alkyl halides is 3. The monoisotopic (exact) mass is 589 g/mol. The van der Waals surface area contributed by atoms with Crippen molar-refractivity contribution in [2.45, 2.75) is 63.8 Å². The van der Waals surface area contributed by atoms with E-state index in [0.29, 0.717) is 22.4 Å². The number of sulfonamides is 1. The van der Waals surface area contributed by atoms with E-state index in [1.165, 1.54) is 42.2 Å². The van der Waals surface area contributed by atoms with Crippen molar-refractivity contribution in [2.75, 3.05) is 10.8 Å². The third kappa shape index (κ3) is 8.09. The third-order valence-corrected chi connectivity index (χ3v) is 8.46. The summed E-state index contributed by atoms with van der Waals surface area (Å²) in [7, 11) is -4.48. The second-order valence-electron chi connectivity index (χ2n) is 9.88. The number of amides is 2. The number of carbonyl (C=O) groups excluding carboxylic acids is 2. The molecule has 0 aromatic heterocycles. The lowest BCUT2D eigenvalue weighted by molar-refractivity contribution is -0.139. The van der Waals surface area contributed by atoms with Crippen LogP contribution in [0.4, 0.5) is 18.9 Å². The maximum atomic E-state index is 13.9. The second-order valence-corrected chi connectivity index (χ2v) is 11.7. The summed E-state index contributed by atoms with van der Waals surface area (Å²) >= 11 is 0. The normalized spacial score (nSPS) is 13.2. The SMILES string of the molecule is CC[C@@H](C)NC(=O)[C@H](C)N(Cc1cccc(C)c1)C(=O)CN(c1cccc(C(F)(F)F)c1)S(=O)(=O)c1ccccc1. The summed E-state index contributed by atoms with van der Waals surface area (Å²) in [5.74, 6) is -1.19. The Kier molecular flexibility index (Phi) is 10.2. The number of benzene rings is 3.